The molecule has 2 aromatic heterocycles. The van der Waals surface area contributed by atoms with Gasteiger partial charge in [-0.05, 0) is 56.2 Å². The van der Waals surface area contributed by atoms with E-state index in [2.05, 4.69) is 46.0 Å². The third-order valence-corrected chi connectivity index (χ3v) is 4.07. The molecule has 1 unspecified atom stereocenters. The number of hydrogen-bond donors (Lipinski definition) is 0. The summed E-state index contributed by atoms with van der Waals surface area (Å²) in [5.41, 5.74) is 5.03. The smallest absolute Gasteiger partial charge is 0.164 e. The molecule has 0 aliphatic rings. The Balaban J connectivity index is 2.39. The van der Waals surface area contributed by atoms with Gasteiger partial charge in [-0.1, -0.05) is 15.9 Å². The van der Waals surface area contributed by atoms with Crippen LogP contribution in [-0.4, -0.2) is 14.5 Å². The Morgan fingerprint density at radius 1 is 1.24 bits per heavy atom. The molecule has 0 radical (unpaired) electrons. The molecule has 0 saturated heterocycles. The third-order valence-electron chi connectivity index (χ3n) is 3.41. The predicted molar refractivity (Wildman–Crippen MR) is 90.3 cm³/mol. The number of pyridine rings is 1. The summed E-state index contributed by atoms with van der Waals surface area (Å²) < 4.78 is 3.07. The Morgan fingerprint density at radius 2 is 2.00 bits per heavy atom. The van der Waals surface area contributed by atoms with Gasteiger partial charge in [0.2, 0.25) is 0 Å². The molecule has 3 aromatic rings. The first-order valence-electron chi connectivity index (χ1n) is 6.73. The number of benzene rings is 1. The highest BCUT2D eigenvalue weighted by molar-refractivity contribution is 9.10. The van der Waals surface area contributed by atoms with Gasteiger partial charge in [-0.2, -0.15) is 0 Å². The van der Waals surface area contributed by atoms with Gasteiger partial charge in [0.1, 0.15) is 11.3 Å². The van der Waals surface area contributed by atoms with Crippen molar-refractivity contribution in [2.24, 2.45) is 0 Å². The van der Waals surface area contributed by atoms with E-state index in [9.17, 15) is 0 Å². The number of nitrogens with zero attached hydrogens (tertiary/aromatic N) is 3. The molecule has 0 N–H and O–H groups in total. The van der Waals surface area contributed by atoms with E-state index in [1.807, 2.05) is 30.7 Å². The van der Waals surface area contributed by atoms with Crippen LogP contribution >= 0.6 is 27.5 Å². The Labute approximate surface area is 137 Å². The lowest BCUT2D eigenvalue weighted by Gasteiger charge is -2.11. The first kappa shape index (κ1) is 14.5. The summed E-state index contributed by atoms with van der Waals surface area (Å²) in [6, 6.07) is 8.21. The lowest BCUT2D eigenvalue weighted by Crippen LogP contribution is -2.03. The molecule has 1 atom stereocenters. The van der Waals surface area contributed by atoms with Gasteiger partial charge in [-0.15, -0.1) is 11.6 Å². The van der Waals surface area contributed by atoms with Gasteiger partial charge >= 0.3 is 0 Å². The van der Waals surface area contributed by atoms with E-state index in [1.54, 1.807) is 0 Å². The molecule has 3 rings (SSSR count). The molecule has 0 fully saturated rings. The van der Waals surface area contributed by atoms with Gasteiger partial charge in [0, 0.05) is 10.7 Å². The van der Waals surface area contributed by atoms with Gasteiger partial charge < -0.3 is 0 Å². The second-order valence-electron chi connectivity index (χ2n) is 5.21. The van der Waals surface area contributed by atoms with E-state index in [4.69, 9.17) is 16.6 Å². The Morgan fingerprint density at radius 3 is 2.67 bits per heavy atom. The minimum absolute atomic E-state index is 0.196. The fraction of sp³-hybridized carbons (Fsp3) is 0.250. The lowest BCUT2D eigenvalue weighted by atomic mass is 10.2. The second-order valence-corrected chi connectivity index (χ2v) is 6.78. The van der Waals surface area contributed by atoms with Crippen LogP contribution in [0, 0.1) is 13.8 Å². The first-order valence-corrected chi connectivity index (χ1v) is 7.96. The van der Waals surface area contributed by atoms with Gasteiger partial charge in [0.25, 0.3) is 0 Å². The zero-order valence-corrected chi connectivity index (χ0v) is 14.4. The predicted octanol–water partition coefficient (Wildman–Crippen LogP) is 5.10. The maximum atomic E-state index is 6.34. The maximum Gasteiger partial charge on any atom is 0.164 e. The van der Waals surface area contributed by atoms with Gasteiger partial charge in [-0.25, -0.2) is 9.97 Å². The molecular weight excluding hydrogens is 350 g/mol. The quantitative estimate of drug-likeness (QED) is 0.592. The minimum Gasteiger partial charge on any atom is -0.279 e. The lowest BCUT2D eigenvalue weighted by molar-refractivity contribution is 0.876. The van der Waals surface area contributed by atoms with Gasteiger partial charge in [0.15, 0.2) is 5.65 Å². The summed E-state index contributed by atoms with van der Waals surface area (Å²) in [7, 11) is 0. The van der Waals surface area contributed by atoms with Crippen LogP contribution in [0.15, 0.2) is 34.9 Å². The monoisotopic (exact) mass is 363 g/mol. The van der Waals surface area contributed by atoms with Crippen molar-refractivity contribution in [1.29, 1.82) is 0 Å². The molecule has 0 aliphatic carbocycles. The number of halogens is 2. The number of fused-ring (bicyclic) bond motifs is 1. The van der Waals surface area contributed by atoms with Crippen molar-refractivity contribution in [3.63, 3.8) is 0 Å². The van der Waals surface area contributed by atoms with Crippen molar-refractivity contribution in [2.45, 2.75) is 26.1 Å². The SMILES string of the molecule is Cc1cc(Br)cc(-n2c(C(C)Cl)nc3c(C)ccnc32)c1. The molecule has 108 valence electrons. The fourth-order valence-corrected chi connectivity index (χ4v) is 3.22. The highest BCUT2D eigenvalue weighted by atomic mass is 79.9. The van der Waals surface area contributed by atoms with Crippen molar-refractivity contribution < 1.29 is 0 Å². The van der Waals surface area contributed by atoms with Crippen molar-refractivity contribution >= 4 is 38.7 Å². The standard InChI is InChI=1S/C16H15BrClN3/c1-9-6-12(17)8-13(7-9)21-15(11(3)18)20-14-10(2)4-5-19-16(14)21/h4-8,11H,1-3H3. The zero-order chi connectivity index (χ0) is 15.1. The van der Waals surface area contributed by atoms with E-state index in [-0.39, 0.29) is 5.38 Å². The van der Waals surface area contributed by atoms with Crippen LogP contribution in [0.2, 0.25) is 0 Å². The Kier molecular flexibility index (Phi) is 3.76. The van der Waals surface area contributed by atoms with Gasteiger partial charge in [0.05, 0.1) is 11.1 Å². The average Bonchev–Trinajstić information content (AvgIpc) is 2.78. The molecule has 3 nitrogen and oxygen atoms in total. The number of alkyl halides is 1. The number of aromatic nitrogens is 3. The Bertz CT molecular complexity index is 803. The summed E-state index contributed by atoms with van der Waals surface area (Å²) in [5, 5.41) is -0.196. The summed E-state index contributed by atoms with van der Waals surface area (Å²) in [6.07, 6.45) is 1.81. The second kappa shape index (κ2) is 5.43. The molecule has 0 spiro atoms. The first-order chi connectivity index (χ1) is 9.97. The van der Waals surface area contributed by atoms with Crippen LogP contribution in [0.1, 0.15) is 29.3 Å². The van der Waals surface area contributed by atoms with Crippen LogP contribution < -0.4 is 0 Å². The summed E-state index contributed by atoms with van der Waals surface area (Å²) in [5.74, 6) is 0.811. The van der Waals surface area contributed by atoms with Gasteiger partial charge in [-0.3, -0.25) is 4.57 Å². The topological polar surface area (TPSA) is 30.7 Å². The van der Waals surface area contributed by atoms with Crippen LogP contribution in [0.5, 0.6) is 0 Å². The largest absolute Gasteiger partial charge is 0.279 e. The minimum atomic E-state index is -0.196. The van der Waals surface area contributed by atoms with Crippen molar-refractivity contribution in [1.82, 2.24) is 14.5 Å². The number of rotatable bonds is 2. The number of aryl methyl sites for hydroxylation is 2. The van der Waals surface area contributed by atoms with Crippen molar-refractivity contribution in [3.05, 3.63) is 51.9 Å². The van der Waals surface area contributed by atoms with E-state index in [0.29, 0.717) is 0 Å². The summed E-state index contributed by atoms with van der Waals surface area (Å²) in [4.78, 5) is 9.21. The maximum absolute atomic E-state index is 6.34. The van der Waals surface area contributed by atoms with E-state index in [1.165, 1.54) is 5.56 Å². The van der Waals surface area contributed by atoms with E-state index < -0.39 is 0 Å². The molecule has 2 heterocycles. The fourth-order valence-electron chi connectivity index (χ4n) is 2.48. The summed E-state index contributed by atoms with van der Waals surface area (Å²) >= 11 is 9.89. The third kappa shape index (κ3) is 2.58. The molecule has 0 bridgehead atoms. The van der Waals surface area contributed by atoms with Crippen LogP contribution in [0.3, 0.4) is 0 Å². The van der Waals surface area contributed by atoms with Crippen molar-refractivity contribution in [3.8, 4) is 5.69 Å². The average molecular weight is 365 g/mol. The van der Waals surface area contributed by atoms with E-state index in [0.717, 1.165) is 32.7 Å². The van der Waals surface area contributed by atoms with Crippen LogP contribution in [-0.2, 0) is 0 Å². The van der Waals surface area contributed by atoms with E-state index >= 15 is 0 Å². The highest BCUT2D eigenvalue weighted by Gasteiger charge is 2.18. The molecule has 0 saturated carbocycles. The molecule has 0 aliphatic heterocycles. The molecule has 1 aromatic carbocycles. The highest BCUT2D eigenvalue weighted by Crippen LogP contribution is 2.30. The molecule has 5 heteroatoms. The Hall–Kier alpha value is -1.39. The zero-order valence-electron chi connectivity index (χ0n) is 12.1. The summed E-state index contributed by atoms with van der Waals surface area (Å²) in [6.45, 7) is 6.03. The molecule has 21 heavy (non-hydrogen) atoms. The molecule has 0 amide bonds. The van der Waals surface area contributed by atoms with Crippen LogP contribution in [0.4, 0.5) is 0 Å². The number of imidazole rings is 1. The van der Waals surface area contributed by atoms with Crippen LogP contribution in [0.25, 0.3) is 16.9 Å². The van der Waals surface area contributed by atoms with Crippen molar-refractivity contribution in [2.75, 3.05) is 0 Å². The number of hydrogen-bond acceptors (Lipinski definition) is 2. The molecular formula is C16H15BrClN3. The normalized spacial score (nSPS) is 12.8.